The van der Waals surface area contributed by atoms with Crippen LogP contribution in [0.3, 0.4) is 0 Å². The van der Waals surface area contributed by atoms with E-state index in [2.05, 4.69) is 34.7 Å². The Kier molecular flexibility index (Phi) is 4.65. The third kappa shape index (κ3) is 3.76. The van der Waals surface area contributed by atoms with Crippen molar-refractivity contribution < 1.29 is 9.59 Å². The van der Waals surface area contributed by atoms with Crippen molar-refractivity contribution in [2.75, 3.05) is 0 Å². The zero-order valence-electron chi connectivity index (χ0n) is 14.2. The number of pyridine rings is 1. The highest BCUT2D eigenvalue weighted by Crippen LogP contribution is 2.19. The predicted molar refractivity (Wildman–Crippen MR) is 95.3 cm³/mol. The lowest BCUT2D eigenvalue weighted by atomic mass is 10.0. The molecular formula is C18H20N4O3. The summed E-state index contributed by atoms with van der Waals surface area (Å²) >= 11 is 0. The van der Waals surface area contributed by atoms with E-state index in [0.717, 1.165) is 10.9 Å². The molecule has 25 heavy (non-hydrogen) atoms. The number of hydrogen-bond acceptors (Lipinski definition) is 4. The van der Waals surface area contributed by atoms with E-state index in [1.54, 1.807) is 6.07 Å². The maximum atomic E-state index is 12.2. The van der Waals surface area contributed by atoms with Gasteiger partial charge in [0, 0.05) is 30.5 Å². The van der Waals surface area contributed by atoms with Crippen LogP contribution in [0.5, 0.6) is 0 Å². The molecule has 7 nitrogen and oxygen atoms in total. The molecule has 0 fully saturated rings. The van der Waals surface area contributed by atoms with Crippen molar-refractivity contribution in [3.8, 4) is 0 Å². The summed E-state index contributed by atoms with van der Waals surface area (Å²) in [6.07, 6.45) is 0.532. The quantitative estimate of drug-likeness (QED) is 0.786. The third-order valence-electron chi connectivity index (χ3n) is 4.22. The number of H-pyrrole nitrogens is 1. The summed E-state index contributed by atoms with van der Waals surface area (Å²) in [6.45, 7) is 4.32. The molecule has 1 aliphatic rings. The molecule has 2 heterocycles. The summed E-state index contributed by atoms with van der Waals surface area (Å²) in [7, 11) is 0. The minimum atomic E-state index is -0.379. The highest BCUT2D eigenvalue weighted by molar-refractivity contribution is 6.39. The molecule has 0 bridgehead atoms. The number of carbonyl (C=O) groups is 2. The average Bonchev–Trinajstić information content (AvgIpc) is 2.59. The van der Waals surface area contributed by atoms with E-state index in [9.17, 15) is 14.4 Å². The summed E-state index contributed by atoms with van der Waals surface area (Å²) in [4.78, 5) is 38.2. The second-order valence-corrected chi connectivity index (χ2v) is 6.40. The van der Waals surface area contributed by atoms with Gasteiger partial charge in [-0.1, -0.05) is 19.9 Å². The van der Waals surface area contributed by atoms with Gasteiger partial charge < -0.3 is 10.3 Å². The zero-order chi connectivity index (χ0) is 18.0. The Morgan fingerprint density at radius 1 is 1.24 bits per heavy atom. The van der Waals surface area contributed by atoms with E-state index in [-0.39, 0.29) is 36.1 Å². The van der Waals surface area contributed by atoms with E-state index >= 15 is 0 Å². The number of rotatable bonds is 4. The molecular weight excluding hydrogens is 320 g/mol. The smallest absolute Gasteiger partial charge is 0.267 e. The van der Waals surface area contributed by atoms with Crippen molar-refractivity contribution >= 4 is 28.4 Å². The van der Waals surface area contributed by atoms with Gasteiger partial charge in [0.05, 0.1) is 0 Å². The van der Waals surface area contributed by atoms with E-state index < -0.39 is 0 Å². The average molecular weight is 340 g/mol. The SMILES string of the molecule is CC(C)c1ccc2[nH]c(=O)c(CNC(=O)C3=NNC(=O)CC3)cc2c1. The number of benzene rings is 1. The number of carbonyl (C=O) groups excluding carboxylic acids is 2. The van der Waals surface area contributed by atoms with Crippen LogP contribution in [0, 0.1) is 0 Å². The molecule has 0 radical (unpaired) electrons. The van der Waals surface area contributed by atoms with Crippen LogP contribution in [0.25, 0.3) is 10.9 Å². The van der Waals surface area contributed by atoms with Crippen molar-refractivity contribution in [2.45, 2.75) is 39.2 Å². The molecule has 130 valence electrons. The lowest BCUT2D eigenvalue weighted by Crippen LogP contribution is -2.37. The first-order valence-corrected chi connectivity index (χ1v) is 8.23. The fraction of sp³-hybridized carbons (Fsp3) is 0.333. The van der Waals surface area contributed by atoms with E-state index in [0.29, 0.717) is 17.9 Å². The van der Waals surface area contributed by atoms with Crippen LogP contribution in [0.1, 0.15) is 43.7 Å². The molecule has 1 aromatic carbocycles. The molecule has 0 spiro atoms. The number of amides is 2. The van der Waals surface area contributed by atoms with Gasteiger partial charge in [0.25, 0.3) is 11.5 Å². The first-order valence-electron chi connectivity index (χ1n) is 8.23. The van der Waals surface area contributed by atoms with Crippen molar-refractivity contribution in [1.82, 2.24) is 15.7 Å². The van der Waals surface area contributed by atoms with Crippen LogP contribution in [-0.4, -0.2) is 22.5 Å². The number of hydrogen-bond donors (Lipinski definition) is 3. The van der Waals surface area contributed by atoms with Crippen LogP contribution in [-0.2, 0) is 16.1 Å². The van der Waals surface area contributed by atoms with Gasteiger partial charge in [-0.2, -0.15) is 5.10 Å². The molecule has 3 N–H and O–H groups in total. The van der Waals surface area contributed by atoms with Gasteiger partial charge in [-0.25, -0.2) is 5.43 Å². The predicted octanol–water partition coefficient (Wildman–Crippen LogP) is 1.53. The highest BCUT2D eigenvalue weighted by Gasteiger charge is 2.18. The van der Waals surface area contributed by atoms with Crippen molar-refractivity contribution in [1.29, 1.82) is 0 Å². The fourth-order valence-electron chi connectivity index (χ4n) is 2.68. The molecule has 1 aliphatic heterocycles. The molecule has 0 unspecified atom stereocenters. The lowest BCUT2D eigenvalue weighted by molar-refractivity contribution is -0.121. The van der Waals surface area contributed by atoms with Gasteiger partial charge in [-0.15, -0.1) is 0 Å². The van der Waals surface area contributed by atoms with Gasteiger partial charge in [0.1, 0.15) is 5.71 Å². The molecule has 0 aliphatic carbocycles. The maximum absolute atomic E-state index is 12.2. The minimum Gasteiger partial charge on any atom is -0.347 e. The Balaban J connectivity index is 1.78. The number of aromatic amines is 1. The first-order chi connectivity index (χ1) is 11.9. The summed E-state index contributed by atoms with van der Waals surface area (Å²) in [6, 6.07) is 7.74. The fourth-order valence-corrected chi connectivity index (χ4v) is 2.68. The normalized spacial score (nSPS) is 14.4. The lowest BCUT2D eigenvalue weighted by Gasteiger charge is -2.12. The van der Waals surface area contributed by atoms with Crippen molar-refractivity contribution in [2.24, 2.45) is 5.10 Å². The standard InChI is InChI=1S/C18H20N4O3/c1-10(2)11-3-4-14-12(7-11)8-13(17(24)20-14)9-19-18(25)15-5-6-16(23)22-21-15/h3-4,7-8,10H,5-6,9H2,1-2H3,(H,19,25)(H,20,24)(H,22,23). The van der Waals surface area contributed by atoms with Crippen LogP contribution < -0.4 is 16.3 Å². The second-order valence-electron chi connectivity index (χ2n) is 6.40. The number of nitrogens with one attached hydrogen (secondary N) is 3. The van der Waals surface area contributed by atoms with E-state index in [1.807, 2.05) is 18.2 Å². The van der Waals surface area contributed by atoms with Crippen LogP contribution in [0.4, 0.5) is 0 Å². The van der Waals surface area contributed by atoms with E-state index in [4.69, 9.17) is 0 Å². The Bertz CT molecular complexity index is 928. The molecule has 2 aromatic rings. The number of hydrazone groups is 1. The molecule has 0 atom stereocenters. The van der Waals surface area contributed by atoms with Gasteiger partial charge in [-0.05, 0) is 35.1 Å². The molecule has 7 heteroatoms. The molecule has 3 rings (SSSR count). The summed E-state index contributed by atoms with van der Waals surface area (Å²) < 4.78 is 0. The van der Waals surface area contributed by atoms with Gasteiger partial charge in [0.15, 0.2) is 0 Å². The number of nitrogens with zero attached hydrogens (tertiary/aromatic N) is 1. The Morgan fingerprint density at radius 2 is 2.04 bits per heavy atom. The topological polar surface area (TPSA) is 103 Å². The summed E-state index contributed by atoms with van der Waals surface area (Å²) in [5, 5.41) is 7.36. The number of aromatic nitrogens is 1. The van der Waals surface area contributed by atoms with E-state index in [1.165, 1.54) is 5.56 Å². The van der Waals surface area contributed by atoms with Crippen LogP contribution in [0.15, 0.2) is 34.2 Å². The second kappa shape index (κ2) is 6.88. The third-order valence-corrected chi connectivity index (χ3v) is 4.22. The summed E-state index contributed by atoms with van der Waals surface area (Å²) in [5.41, 5.74) is 4.74. The monoisotopic (exact) mass is 340 g/mol. The van der Waals surface area contributed by atoms with Crippen LogP contribution >= 0.6 is 0 Å². The Labute approximate surface area is 144 Å². The summed E-state index contributed by atoms with van der Waals surface area (Å²) in [5.74, 6) is -0.196. The van der Waals surface area contributed by atoms with Gasteiger partial charge >= 0.3 is 0 Å². The largest absolute Gasteiger partial charge is 0.347 e. The minimum absolute atomic E-state index is 0.100. The Morgan fingerprint density at radius 3 is 2.72 bits per heavy atom. The number of fused-ring (bicyclic) bond motifs is 1. The van der Waals surface area contributed by atoms with Crippen LogP contribution in [0.2, 0.25) is 0 Å². The Hall–Kier alpha value is -2.96. The molecule has 0 saturated carbocycles. The molecule has 1 aromatic heterocycles. The van der Waals surface area contributed by atoms with Gasteiger partial charge in [0.2, 0.25) is 5.91 Å². The molecule has 2 amide bonds. The highest BCUT2D eigenvalue weighted by atomic mass is 16.2. The van der Waals surface area contributed by atoms with Gasteiger partial charge in [-0.3, -0.25) is 14.4 Å². The zero-order valence-corrected chi connectivity index (χ0v) is 14.2. The molecule has 0 saturated heterocycles. The van der Waals surface area contributed by atoms with Crippen molar-refractivity contribution in [3.63, 3.8) is 0 Å². The first kappa shape index (κ1) is 16.9. The maximum Gasteiger partial charge on any atom is 0.267 e. The van der Waals surface area contributed by atoms with Crippen molar-refractivity contribution in [3.05, 3.63) is 45.7 Å².